The van der Waals surface area contributed by atoms with E-state index in [0.29, 0.717) is 6.61 Å². The van der Waals surface area contributed by atoms with Crippen LogP contribution in [0.25, 0.3) is 0 Å². The molecule has 0 amide bonds. The molecule has 0 heterocycles. The van der Waals surface area contributed by atoms with E-state index in [1.807, 2.05) is 6.07 Å². The number of halogens is 1. The number of ether oxygens (including phenoxy) is 1. The summed E-state index contributed by atoms with van der Waals surface area (Å²) in [4.78, 5) is 0.895. The normalized spacial score (nSPS) is 12.7. The maximum Gasteiger partial charge on any atom is 0.124 e. The summed E-state index contributed by atoms with van der Waals surface area (Å²) in [5, 5.41) is 0. The van der Waals surface area contributed by atoms with Gasteiger partial charge in [-0.3, -0.25) is 11.3 Å². The molecule has 1 aromatic rings. The quantitative estimate of drug-likeness (QED) is 0.440. The molecule has 0 saturated heterocycles. The van der Waals surface area contributed by atoms with Crippen LogP contribution in [0.4, 0.5) is 4.39 Å². The highest BCUT2D eigenvalue weighted by molar-refractivity contribution is 7.99. The van der Waals surface area contributed by atoms with Crippen molar-refractivity contribution in [3.05, 3.63) is 30.1 Å². The molecular formula is C10H15FN2OS. The van der Waals surface area contributed by atoms with E-state index < -0.39 is 0 Å². The lowest BCUT2D eigenvalue weighted by Crippen LogP contribution is -2.40. The second kappa shape index (κ2) is 6.79. The number of rotatable bonds is 6. The maximum absolute atomic E-state index is 12.8. The highest BCUT2D eigenvalue weighted by Crippen LogP contribution is 2.19. The Balaban J connectivity index is 2.41. The van der Waals surface area contributed by atoms with Crippen molar-refractivity contribution in [2.24, 2.45) is 5.84 Å². The Kier molecular flexibility index (Phi) is 5.63. The Morgan fingerprint density at radius 1 is 1.60 bits per heavy atom. The van der Waals surface area contributed by atoms with Crippen molar-refractivity contribution in [2.75, 3.05) is 19.5 Å². The van der Waals surface area contributed by atoms with Crippen LogP contribution in [0.3, 0.4) is 0 Å². The van der Waals surface area contributed by atoms with Gasteiger partial charge in [0.2, 0.25) is 0 Å². The van der Waals surface area contributed by atoms with E-state index in [0.717, 1.165) is 10.6 Å². The summed E-state index contributed by atoms with van der Waals surface area (Å²) in [7, 11) is 1.62. The van der Waals surface area contributed by atoms with Crippen molar-refractivity contribution in [3.8, 4) is 0 Å². The summed E-state index contributed by atoms with van der Waals surface area (Å²) in [6.07, 6.45) is 0. The molecule has 0 bridgehead atoms. The van der Waals surface area contributed by atoms with E-state index in [1.54, 1.807) is 24.9 Å². The molecule has 0 aliphatic rings. The summed E-state index contributed by atoms with van der Waals surface area (Å²) in [6.45, 7) is 0.540. The van der Waals surface area contributed by atoms with Crippen LogP contribution in [0.1, 0.15) is 0 Å². The van der Waals surface area contributed by atoms with Gasteiger partial charge in [0.15, 0.2) is 0 Å². The minimum Gasteiger partial charge on any atom is -0.383 e. The van der Waals surface area contributed by atoms with E-state index in [2.05, 4.69) is 5.43 Å². The Morgan fingerprint density at radius 2 is 2.40 bits per heavy atom. The van der Waals surface area contributed by atoms with Crippen LogP contribution in [0, 0.1) is 5.82 Å². The zero-order chi connectivity index (χ0) is 11.1. The summed E-state index contributed by atoms with van der Waals surface area (Å²) in [5.41, 5.74) is 2.65. The standard InChI is InChI=1S/C10H15FN2OS/c1-14-6-9(13-12)7-15-10-4-2-3-8(11)5-10/h2-5,9,13H,6-7,12H2,1H3. The van der Waals surface area contributed by atoms with Gasteiger partial charge in [-0.25, -0.2) is 4.39 Å². The van der Waals surface area contributed by atoms with Crippen LogP contribution in [0.2, 0.25) is 0 Å². The molecule has 0 spiro atoms. The van der Waals surface area contributed by atoms with Crippen molar-refractivity contribution >= 4 is 11.8 Å². The van der Waals surface area contributed by atoms with E-state index in [9.17, 15) is 4.39 Å². The van der Waals surface area contributed by atoms with Gasteiger partial charge in [-0.15, -0.1) is 11.8 Å². The van der Waals surface area contributed by atoms with Crippen molar-refractivity contribution in [1.29, 1.82) is 0 Å². The van der Waals surface area contributed by atoms with E-state index in [4.69, 9.17) is 10.6 Å². The average Bonchev–Trinajstić information content (AvgIpc) is 2.24. The number of nitrogens with one attached hydrogen (secondary N) is 1. The molecule has 1 rings (SSSR count). The number of hydrazine groups is 1. The highest BCUT2D eigenvalue weighted by Gasteiger charge is 2.06. The van der Waals surface area contributed by atoms with Gasteiger partial charge >= 0.3 is 0 Å². The third kappa shape index (κ3) is 4.61. The molecule has 84 valence electrons. The van der Waals surface area contributed by atoms with Crippen molar-refractivity contribution in [1.82, 2.24) is 5.43 Å². The van der Waals surface area contributed by atoms with Crippen LogP contribution < -0.4 is 11.3 Å². The molecule has 0 fully saturated rings. The van der Waals surface area contributed by atoms with Gasteiger partial charge in [-0.05, 0) is 18.2 Å². The fourth-order valence-electron chi connectivity index (χ4n) is 1.10. The molecule has 0 radical (unpaired) electrons. The first-order valence-corrected chi connectivity index (χ1v) is 5.58. The molecule has 3 nitrogen and oxygen atoms in total. The Bertz CT molecular complexity index is 299. The molecule has 0 aliphatic carbocycles. The predicted molar refractivity (Wildman–Crippen MR) is 60.1 cm³/mol. The van der Waals surface area contributed by atoms with Crippen molar-refractivity contribution in [2.45, 2.75) is 10.9 Å². The third-order valence-corrected chi connectivity index (χ3v) is 3.01. The largest absolute Gasteiger partial charge is 0.383 e. The third-order valence-electron chi connectivity index (χ3n) is 1.85. The van der Waals surface area contributed by atoms with Crippen LogP contribution in [0.15, 0.2) is 29.2 Å². The molecule has 15 heavy (non-hydrogen) atoms. The molecule has 1 unspecified atom stereocenters. The number of hydrogen-bond acceptors (Lipinski definition) is 4. The summed E-state index contributed by atoms with van der Waals surface area (Å²) < 4.78 is 17.8. The number of hydrogen-bond donors (Lipinski definition) is 2. The Morgan fingerprint density at radius 3 is 3.00 bits per heavy atom. The smallest absolute Gasteiger partial charge is 0.124 e. The first-order valence-electron chi connectivity index (χ1n) is 4.59. The first-order chi connectivity index (χ1) is 7.26. The van der Waals surface area contributed by atoms with Gasteiger partial charge in [0.25, 0.3) is 0 Å². The lowest BCUT2D eigenvalue weighted by atomic mass is 10.3. The van der Waals surface area contributed by atoms with Gasteiger partial charge in [0.05, 0.1) is 12.6 Å². The number of nitrogens with two attached hydrogens (primary N) is 1. The fourth-order valence-corrected chi connectivity index (χ4v) is 2.06. The highest BCUT2D eigenvalue weighted by atomic mass is 32.2. The van der Waals surface area contributed by atoms with Crippen LogP contribution in [-0.4, -0.2) is 25.5 Å². The van der Waals surface area contributed by atoms with E-state index >= 15 is 0 Å². The average molecular weight is 230 g/mol. The molecule has 1 aromatic carbocycles. The first kappa shape index (κ1) is 12.4. The van der Waals surface area contributed by atoms with Crippen LogP contribution in [0.5, 0.6) is 0 Å². The van der Waals surface area contributed by atoms with Gasteiger partial charge in [0, 0.05) is 17.8 Å². The Labute approximate surface area is 93.2 Å². The lowest BCUT2D eigenvalue weighted by molar-refractivity contribution is 0.174. The zero-order valence-electron chi connectivity index (χ0n) is 8.57. The SMILES string of the molecule is COCC(CSc1cccc(F)c1)NN. The Hall–Kier alpha value is -0.620. The molecule has 1 atom stereocenters. The molecule has 0 saturated carbocycles. The van der Waals surface area contributed by atoms with Gasteiger partial charge < -0.3 is 4.74 Å². The molecule has 0 aliphatic heterocycles. The molecule has 3 N–H and O–H groups in total. The maximum atomic E-state index is 12.8. The zero-order valence-corrected chi connectivity index (χ0v) is 9.39. The number of thioether (sulfide) groups is 1. The molecular weight excluding hydrogens is 215 g/mol. The second-order valence-electron chi connectivity index (χ2n) is 3.09. The van der Waals surface area contributed by atoms with Crippen LogP contribution >= 0.6 is 11.8 Å². The lowest BCUT2D eigenvalue weighted by Gasteiger charge is -2.13. The number of methoxy groups -OCH3 is 1. The van der Waals surface area contributed by atoms with Gasteiger partial charge in [-0.1, -0.05) is 6.07 Å². The topological polar surface area (TPSA) is 47.3 Å². The summed E-state index contributed by atoms with van der Waals surface area (Å²) in [5.74, 6) is 5.86. The second-order valence-corrected chi connectivity index (χ2v) is 4.18. The minimum absolute atomic E-state index is 0.0725. The van der Waals surface area contributed by atoms with Crippen molar-refractivity contribution in [3.63, 3.8) is 0 Å². The van der Waals surface area contributed by atoms with Crippen molar-refractivity contribution < 1.29 is 9.13 Å². The fraction of sp³-hybridized carbons (Fsp3) is 0.400. The summed E-state index contributed by atoms with van der Waals surface area (Å²) >= 11 is 1.54. The van der Waals surface area contributed by atoms with E-state index in [1.165, 1.54) is 12.1 Å². The summed E-state index contributed by atoms with van der Waals surface area (Å²) in [6, 6.07) is 6.57. The number of benzene rings is 1. The monoisotopic (exact) mass is 230 g/mol. The predicted octanol–water partition coefficient (Wildman–Crippen LogP) is 1.40. The van der Waals surface area contributed by atoms with Gasteiger partial charge in [-0.2, -0.15) is 0 Å². The van der Waals surface area contributed by atoms with E-state index in [-0.39, 0.29) is 11.9 Å². The van der Waals surface area contributed by atoms with Crippen LogP contribution in [-0.2, 0) is 4.74 Å². The molecule has 0 aromatic heterocycles. The van der Waals surface area contributed by atoms with Gasteiger partial charge in [0.1, 0.15) is 5.82 Å². The minimum atomic E-state index is -0.219. The molecule has 5 heteroatoms.